The maximum atomic E-state index is 13.0. The second-order valence-electron chi connectivity index (χ2n) is 4.56. The highest BCUT2D eigenvalue weighted by atomic mass is 35.5. The second kappa shape index (κ2) is 5.13. The van der Waals surface area contributed by atoms with E-state index in [2.05, 4.69) is 0 Å². The van der Waals surface area contributed by atoms with E-state index in [0.717, 1.165) is 5.56 Å². The van der Waals surface area contributed by atoms with E-state index >= 15 is 0 Å². The molecule has 90 valence electrons. The second-order valence-corrected chi connectivity index (χ2v) is 4.97. The Labute approximate surface area is 101 Å². The van der Waals surface area contributed by atoms with E-state index in [9.17, 15) is 9.50 Å². The van der Waals surface area contributed by atoms with Gasteiger partial charge in [0.15, 0.2) is 0 Å². The van der Waals surface area contributed by atoms with Gasteiger partial charge in [0.2, 0.25) is 0 Å². The van der Waals surface area contributed by atoms with Gasteiger partial charge in [-0.05, 0) is 44.7 Å². The molecule has 0 aromatic heterocycles. The number of aliphatic hydroxyl groups is 1. The maximum Gasteiger partial charge on any atom is 0.123 e. The van der Waals surface area contributed by atoms with Crippen LogP contribution in [0.15, 0.2) is 18.2 Å². The van der Waals surface area contributed by atoms with Crippen molar-refractivity contribution in [2.75, 3.05) is 13.7 Å². The summed E-state index contributed by atoms with van der Waals surface area (Å²) in [5.74, 6) is -0.297. The highest BCUT2D eigenvalue weighted by Crippen LogP contribution is 2.21. The Morgan fingerprint density at radius 3 is 2.62 bits per heavy atom. The number of halogens is 2. The summed E-state index contributed by atoms with van der Waals surface area (Å²) in [5, 5.41) is 9.76. The van der Waals surface area contributed by atoms with Crippen molar-refractivity contribution >= 4 is 11.6 Å². The van der Waals surface area contributed by atoms with Gasteiger partial charge in [0.1, 0.15) is 5.82 Å². The van der Waals surface area contributed by atoms with Gasteiger partial charge in [0.25, 0.3) is 0 Å². The number of hydrogen-bond acceptors (Lipinski definition) is 2. The minimum Gasteiger partial charge on any atom is -0.394 e. The standard InChI is InChI=1S/C12H17ClFNO/c1-12(2,8-16)15(3)7-9-6-10(14)4-5-11(9)13/h4-6,16H,7-8H2,1-3H3. The molecule has 1 rings (SSSR count). The van der Waals surface area contributed by atoms with Crippen LogP contribution in [0.4, 0.5) is 4.39 Å². The van der Waals surface area contributed by atoms with Crippen molar-refractivity contribution in [2.45, 2.75) is 25.9 Å². The summed E-state index contributed by atoms with van der Waals surface area (Å²) in [6.07, 6.45) is 0. The summed E-state index contributed by atoms with van der Waals surface area (Å²) in [5.41, 5.74) is 0.376. The average Bonchev–Trinajstić information content (AvgIpc) is 2.23. The molecular weight excluding hydrogens is 229 g/mol. The van der Waals surface area contributed by atoms with Crippen molar-refractivity contribution in [1.29, 1.82) is 0 Å². The zero-order valence-electron chi connectivity index (χ0n) is 9.80. The van der Waals surface area contributed by atoms with Crippen molar-refractivity contribution in [3.63, 3.8) is 0 Å². The molecule has 0 saturated carbocycles. The largest absolute Gasteiger partial charge is 0.394 e. The predicted molar refractivity (Wildman–Crippen MR) is 64.0 cm³/mol. The summed E-state index contributed by atoms with van der Waals surface area (Å²) >= 11 is 5.98. The fourth-order valence-electron chi connectivity index (χ4n) is 1.25. The van der Waals surface area contributed by atoms with Crippen LogP contribution in [-0.2, 0) is 6.54 Å². The number of benzene rings is 1. The Morgan fingerprint density at radius 1 is 1.44 bits per heavy atom. The van der Waals surface area contributed by atoms with E-state index in [1.54, 1.807) is 6.07 Å². The van der Waals surface area contributed by atoms with Crippen LogP contribution in [0.1, 0.15) is 19.4 Å². The summed E-state index contributed by atoms with van der Waals surface area (Å²) in [6.45, 7) is 4.38. The van der Waals surface area contributed by atoms with Crippen LogP contribution in [0, 0.1) is 5.82 Å². The highest BCUT2D eigenvalue weighted by Gasteiger charge is 2.22. The molecule has 0 bridgehead atoms. The van der Waals surface area contributed by atoms with Crippen LogP contribution in [-0.4, -0.2) is 29.2 Å². The predicted octanol–water partition coefficient (Wildman–Crippen LogP) is 2.68. The van der Waals surface area contributed by atoms with E-state index in [0.29, 0.717) is 11.6 Å². The van der Waals surface area contributed by atoms with Crippen molar-refractivity contribution in [3.05, 3.63) is 34.6 Å². The van der Waals surface area contributed by atoms with Gasteiger partial charge in [0, 0.05) is 17.1 Å². The molecule has 1 aromatic rings. The van der Waals surface area contributed by atoms with Gasteiger partial charge >= 0.3 is 0 Å². The average molecular weight is 246 g/mol. The van der Waals surface area contributed by atoms with Crippen molar-refractivity contribution in [3.8, 4) is 0 Å². The van der Waals surface area contributed by atoms with Gasteiger partial charge in [-0.1, -0.05) is 11.6 Å². The van der Waals surface area contributed by atoms with Crippen LogP contribution < -0.4 is 0 Å². The van der Waals surface area contributed by atoms with Crippen molar-refractivity contribution in [1.82, 2.24) is 4.90 Å². The molecule has 0 aliphatic heterocycles. The lowest BCUT2D eigenvalue weighted by Crippen LogP contribution is -2.43. The SMILES string of the molecule is CN(Cc1cc(F)ccc1Cl)C(C)(C)CO. The summed E-state index contributed by atoms with van der Waals surface area (Å²) in [4.78, 5) is 1.94. The first kappa shape index (κ1) is 13.4. The molecule has 0 unspecified atom stereocenters. The summed E-state index contributed by atoms with van der Waals surface area (Å²) in [7, 11) is 1.87. The van der Waals surface area contributed by atoms with Gasteiger partial charge in [-0.2, -0.15) is 0 Å². The monoisotopic (exact) mass is 245 g/mol. The minimum atomic E-state index is -0.352. The zero-order chi connectivity index (χ0) is 12.3. The molecule has 1 N–H and O–H groups in total. The lowest BCUT2D eigenvalue weighted by molar-refractivity contribution is 0.0733. The molecule has 0 aliphatic rings. The molecule has 0 amide bonds. The van der Waals surface area contributed by atoms with Crippen LogP contribution in [0.25, 0.3) is 0 Å². The van der Waals surface area contributed by atoms with Gasteiger partial charge in [-0.15, -0.1) is 0 Å². The first-order valence-corrected chi connectivity index (χ1v) is 5.50. The number of rotatable bonds is 4. The van der Waals surface area contributed by atoms with Crippen LogP contribution in [0.5, 0.6) is 0 Å². The van der Waals surface area contributed by atoms with E-state index in [1.807, 2.05) is 25.8 Å². The molecule has 0 heterocycles. The first-order chi connectivity index (χ1) is 7.36. The molecule has 4 heteroatoms. The first-order valence-electron chi connectivity index (χ1n) is 5.13. The quantitative estimate of drug-likeness (QED) is 0.882. The lowest BCUT2D eigenvalue weighted by Gasteiger charge is -2.34. The van der Waals surface area contributed by atoms with Crippen LogP contribution in [0.2, 0.25) is 5.02 Å². The lowest BCUT2D eigenvalue weighted by atomic mass is 10.0. The third kappa shape index (κ3) is 3.17. The molecule has 0 aliphatic carbocycles. The Morgan fingerprint density at radius 2 is 2.06 bits per heavy atom. The van der Waals surface area contributed by atoms with E-state index in [-0.39, 0.29) is 18.0 Å². The number of aliphatic hydroxyl groups excluding tert-OH is 1. The molecule has 16 heavy (non-hydrogen) atoms. The van der Waals surface area contributed by atoms with E-state index in [4.69, 9.17) is 11.6 Å². The normalized spacial score (nSPS) is 12.2. The highest BCUT2D eigenvalue weighted by molar-refractivity contribution is 6.31. The minimum absolute atomic E-state index is 0.0381. The number of nitrogens with zero attached hydrogens (tertiary/aromatic N) is 1. The molecule has 0 spiro atoms. The van der Waals surface area contributed by atoms with Gasteiger partial charge < -0.3 is 5.11 Å². The molecular formula is C12H17ClFNO. The summed E-state index contributed by atoms with van der Waals surface area (Å²) in [6, 6.07) is 4.31. The Kier molecular flexibility index (Phi) is 4.30. The van der Waals surface area contributed by atoms with Gasteiger partial charge in [-0.25, -0.2) is 4.39 Å². The molecule has 2 nitrogen and oxygen atoms in total. The van der Waals surface area contributed by atoms with Crippen LogP contribution in [0.3, 0.4) is 0 Å². The molecule has 0 atom stereocenters. The van der Waals surface area contributed by atoms with E-state index < -0.39 is 0 Å². The third-order valence-electron chi connectivity index (χ3n) is 2.84. The molecule has 1 aromatic carbocycles. The van der Waals surface area contributed by atoms with Crippen LogP contribution >= 0.6 is 11.6 Å². The third-order valence-corrected chi connectivity index (χ3v) is 3.20. The summed E-state index contributed by atoms with van der Waals surface area (Å²) < 4.78 is 13.0. The Bertz CT molecular complexity index is 368. The van der Waals surface area contributed by atoms with E-state index in [1.165, 1.54) is 12.1 Å². The Balaban J connectivity index is 2.84. The maximum absolute atomic E-state index is 13.0. The van der Waals surface area contributed by atoms with Crippen molar-refractivity contribution in [2.24, 2.45) is 0 Å². The van der Waals surface area contributed by atoms with Gasteiger partial charge in [0.05, 0.1) is 6.61 Å². The zero-order valence-corrected chi connectivity index (χ0v) is 10.6. The number of hydrogen-bond donors (Lipinski definition) is 1. The molecule has 0 saturated heterocycles. The fourth-order valence-corrected chi connectivity index (χ4v) is 1.43. The molecule has 0 radical (unpaired) electrons. The number of likely N-dealkylation sites (N-methyl/N-ethyl adjacent to an activating group) is 1. The smallest absolute Gasteiger partial charge is 0.123 e. The topological polar surface area (TPSA) is 23.5 Å². The van der Waals surface area contributed by atoms with Gasteiger partial charge in [-0.3, -0.25) is 4.90 Å². The molecule has 0 fully saturated rings. The fraction of sp³-hybridized carbons (Fsp3) is 0.500. The Hall–Kier alpha value is -0.640. The van der Waals surface area contributed by atoms with Crippen molar-refractivity contribution < 1.29 is 9.50 Å².